The van der Waals surface area contributed by atoms with Crippen molar-refractivity contribution in [3.05, 3.63) is 23.3 Å². The third-order valence-corrected chi connectivity index (χ3v) is 3.45. The van der Waals surface area contributed by atoms with Gasteiger partial charge in [-0.15, -0.1) is 0 Å². The summed E-state index contributed by atoms with van der Waals surface area (Å²) in [5.41, 5.74) is 0.496. The Hall–Kier alpha value is -2.22. The molecule has 2 rings (SSSR count). The molecule has 0 aromatic heterocycles. The SMILES string of the molecule is CCCC(=O)N[C@H]1Cc2cc(OC)cc(C(=O)O)c2OB1O. The summed E-state index contributed by atoms with van der Waals surface area (Å²) < 4.78 is 10.4. The number of ether oxygens (including phenoxy) is 1. The predicted molar refractivity (Wildman–Crippen MR) is 79.1 cm³/mol. The summed E-state index contributed by atoms with van der Waals surface area (Å²) in [6.07, 6.45) is 1.32. The first-order chi connectivity index (χ1) is 10.5. The highest BCUT2D eigenvalue weighted by Crippen LogP contribution is 2.34. The summed E-state index contributed by atoms with van der Waals surface area (Å²) in [7, 11) is 0.145. The molecule has 0 saturated carbocycles. The molecule has 0 aliphatic carbocycles. The van der Waals surface area contributed by atoms with Gasteiger partial charge in [-0.25, -0.2) is 4.79 Å². The van der Waals surface area contributed by atoms with Gasteiger partial charge >= 0.3 is 13.1 Å². The molecule has 0 saturated heterocycles. The molecule has 3 N–H and O–H groups in total. The number of benzene rings is 1. The maximum absolute atomic E-state index is 11.7. The second-order valence-corrected chi connectivity index (χ2v) is 5.10. The summed E-state index contributed by atoms with van der Waals surface area (Å²) in [6, 6.07) is 2.98. The molecule has 7 nitrogen and oxygen atoms in total. The van der Waals surface area contributed by atoms with Gasteiger partial charge in [0.2, 0.25) is 5.91 Å². The molecule has 118 valence electrons. The average molecular weight is 307 g/mol. The quantitative estimate of drug-likeness (QED) is 0.689. The second kappa shape index (κ2) is 6.70. The fourth-order valence-corrected chi connectivity index (χ4v) is 2.40. The van der Waals surface area contributed by atoms with E-state index in [2.05, 4.69) is 5.32 Å². The normalized spacial score (nSPS) is 16.5. The lowest BCUT2D eigenvalue weighted by atomic mass is 9.72. The largest absolute Gasteiger partial charge is 0.547 e. The average Bonchev–Trinajstić information content (AvgIpc) is 2.47. The minimum Gasteiger partial charge on any atom is -0.534 e. The third kappa shape index (κ3) is 3.33. The first-order valence-electron chi connectivity index (χ1n) is 7.04. The van der Waals surface area contributed by atoms with Gasteiger partial charge in [-0.3, -0.25) is 4.79 Å². The van der Waals surface area contributed by atoms with Crippen molar-refractivity contribution >= 4 is 19.0 Å². The number of carbonyl (C=O) groups is 2. The van der Waals surface area contributed by atoms with Gasteiger partial charge in [0.05, 0.1) is 13.1 Å². The number of carboxylic acid groups (broad SMARTS) is 1. The fraction of sp³-hybridized carbons (Fsp3) is 0.429. The van der Waals surface area contributed by atoms with Crippen molar-refractivity contribution in [2.45, 2.75) is 32.1 Å². The molecule has 1 amide bonds. The van der Waals surface area contributed by atoms with E-state index >= 15 is 0 Å². The van der Waals surface area contributed by atoms with Crippen molar-refractivity contribution in [1.29, 1.82) is 0 Å². The maximum atomic E-state index is 11.7. The maximum Gasteiger partial charge on any atom is 0.547 e. The van der Waals surface area contributed by atoms with Crippen molar-refractivity contribution in [3.63, 3.8) is 0 Å². The van der Waals surface area contributed by atoms with E-state index in [0.29, 0.717) is 24.2 Å². The Bertz CT molecular complexity index is 591. The molecule has 1 heterocycles. The van der Waals surface area contributed by atoms with Gasteiger partial charge in [-0.05, 0) is 30.5 Å². The number of nitrogens with one attached hydrogen (secondary N) is 1. The van der Waals surface area contributed by atoms with Crippen LogP contribution in [0.3, 0.4) is 0 Å². The second-order valence-electron chi connectivity index (χ2n) is 5.10. The van der Waals surface area contributed by atoms with E-state index in [-0.39, 0.29) is 23.6 Å². The molecule has 0 fully saturated rings. The number of carboxylic acids is 1. The molecular weight excluding hydrogens is 289 g/mol. The fourth-order valence-electron chi connectivity index (χ4n) is 2.40. The van der Waals surface area contributed by atoms with E-state index in [1.807, 2.05) is 6.92 Å². The van der Waals surface area contributed by atoms with Gasteiger partial charge in [0.25, 0.3) is 0 Å². The van der Waals surface area contributed by atoms with Crippen LogP contribution >= 0.6 is 0 Å². The summed E-state index contributed by atoms with van der Waals surface area (Å²) in [4.78, 5) is 23.0. The summed E-state index contributed by atoms with van der Waals surface area (Å²) >= 11 is 0. The first kappa shape index (κ1) is 16.2. The summed E-state index contributed by atoms with van der Waals surface area (Å²) in [5.74, 6) is -1.48. The molecule has 1 atom stereocenters. The molecule has 1 aliphatic rings. The van der Waals surface area contributed by atoms with E-state index < -0.39 is 19.0 Å². The van der Waals surface area contributed by atoms with Crippen LogP contribution in [0, 0.1) is 0 Å². The van der Waals surface area contributed by atoms with Gasteiger partial charge in [0.15, 0.2) is 0 Å². The van der Waals surface area contributed by atoms with E-state index in [9.17, 15) is 19.7 Å². The Morgan fingerprint density at radius 3 is 2.82 bits per heavy atom. The lowest BCUT2D eigenvalue weighted by molar-refractivity contribution is -0.121. The predicted octanol–water partition coefficient (Wildman–Crippen LogP) is 0.633. The molecular formula is C14H18BNO6. The van der Waals surface area contributed by atoms with Gasteiger partial charge < -0.3 is 24.8 Å². The van der Waals surface area contributed by atoms with Crippen LogP contribution in [0.1, 0.15) is 35.7 Å². The van der Waals surface area contributed by atoms with Crippen LogP contribution in [-0.2, 0) is 11.2 Å². The molecule has 1 aliphatic heterocycles. The Morgan fingerprint density at radius 1 is 1.50 bits per heavy atom. The smallest absolute Gasteiger partial charge is 0.534 e. The van der Waals surface area contributed by atoms with Crippen LogP contribution in [0.2, 0.25) is 0 Å². The Balaban J connectivity index is 2.30. The highest BCUT2D eigenvalue weighted by Gasteiger charge is 2.38. The lowest BCUT2D eigenvalue weighted by Crippen LogP contribution is -2.53. The van der Waals surface area contributed by atoms with Crippen LogP contribution in [0.5, 0.6) is 11.5 Å². The van der Waals surface area contributed by atoms with Crippen molar-refractivity contribution in [3.8, 4) is 11.5 Å². The van der Waals surface area contributed by atoms with Crippen LogP contribution in [0.15, 0.2) is 12.1 Å². The van der Waals surface area contributed by atoms with E-state index in [4.69, 9.17) is 9.39 Å². The standard InChI is InChI=1S/C14H18BNO6/c1-3-4-12(17)16-11-6-8-5-9(21-2)7-10(14(18)19)13(8)22-15(11)20/h5,7,11,20H,3-4,6H2,1-2H3,(H,16,17)(H,18,19)/t11-/m0/s1. The van der Waals surface area contributed by atoms with Crippen LogP contribution < -0.4 is 14.7 Å². The zero-order chi connectivity index (χ0) is 16.3. The minimum absolute atomic E-state index is 0.0771. The monoisotopic (exact) mass is 307 g/mol. The first-order valence-corrected chi connectivity index (χ1v) is 7.04. The highest BCUT2D eigenvalue weighted by molar-refractivity contribution is 6.47. The Kier molecular flexibility index (Phi) is 4.92. The number of aromatic carboxylic acids is 1. The van der Waals surface area contributed by atoms with Gasteiger partial charge in [-0.1, -0.05) is 6.92 Å². The zero-order valence-corrected chi connectivity index (χ0v) is 12.5. The number of carbonyl (C=O) groups excluding carboxylic acids is 1. The topological polar surface area (TPSA) is 105 Å². The van der Waals surface area contributed by atoms with E-state index in [0.717, 1.165) is 0 Å². The molecule has 0 radical (unpaired) electrons. The number of fused-ring (bicyclic) bond motifs is 1. The highest BCUT2D eigenvalue weighted by atomic mass is 16.5. The van der Waals surface area contributed by atoms with E-state index in [1.54, 1.807) is 6.07 Å². The summed E-state index contributed by atoms with van der Waals surface area (Å²) in [5, 5.41) is 21.9. The minimum atomic E-state index is -1.29. The van der Waals surface area contributed by atoms with Crippen molar-refractivity contribution in [2.24, 2.45) is 0 Å². The number of hydrogen-bond acceptors (Lipinski definition) is 5. The van der Waals surface area contributed by atoms with Crippen molar-refractivity contribution < 1.29 is 29.1 Å². The molecule has 1 aromatic rings. The third-order valence-electron chi connectivity index (χ3n) is 3.45. The van der Waals surface area contributed by atoms with Crippen LogP contribution in [0.25, 0.3) is 0 Å². The number of amides is 1. The number of rotatable bonds is 5. The number of methoxy groups -OCH3 is 1. The molecule has 8 heteroatoms. The molecule has 0 unspecified atom stereocenters. The van der Waals surface area contributed by atoms with Crippen molar-refractivity contribution in [1.82, 2.24) is 5.32 Å². The molecule has 1 aromatic carbocycles. The van der Waals surface area contributed by atoms with Crippen molar-refractivity contribution in [2.75, 3.05) is 7.11 Å². The molecule has 22 heavy (non-hydrogen) atoms. The van der Waals surface area contributed by atoms with Gasteiger partial charge in [-0.2, -0.15) is 0 Å². The Morgan fingerprint density at radius 2 is 2.23 bits per heavy atom. The molecule has 0 spiro atoms. The summed E-state index contributed by atoms with van der Waals surface area (Å²) in [6.45, 7) is 1.88. The van der Waals surface area contributed by atoms with Crippen LogP contribution in [0.4, 0.5) is 0 Å². The van der Waals surface area contributed by atoms with E-state index in [1.165, 1.54) is 13.2 Å². The Labute approximate surface area is 128 Å². The van der Waals surface area contributed by atoms with Gasteiger partial charge in [0.1, 0.15) is 17.1 Å². The lowest BCUT2D eigenvalue weighted by Gasteiger charge is -2.29. The number of hydrogen-bond donors (Lipinski definition) is 3. The zero-order valence-electron chi connectivity index (χ0n) is 12.5. The van der Waals surface area contributed by atoms with Gasteiger partial charge in [0, 0.05) is 6.42 Å². The van der Waals surface area contributed by atoms with Crippen LogP contribution in [-0.4, -0.2) is 42.2 Å². The molecule has 0 bridgehead atoms.